The van der Waals surface area contributed by atoms with Crippen molar-refractivity contribution in [2.24, 2.45) is 10.8 Å². The van der Waals surface area contributed by atoms with E-state index in [9.17, 15) is 0 Å². The van der Waals surface area contributed by atoms with Gasteiger partial charge in [-0.15, -0.1) is 0 Å². The molecule has 0 N–H and O–H groups in total. The first-order chi connectivity index (χ1) is 4.71. The van der Waals surface area contributed by atoms with Crippen LogP contribution in [0.4, 0.5) is 0 Å². The fraction of sp³-hybridized carbons (Fsp3) is 1.00. The Labute approximate surface area is 70.1 Å². The second-order valence-corrected chi connectivity index (χ2v) is 5.31. The Morgan fingerprint density at radius 3 is 1.45 bits per heavy atom. The highest BCUT2D eigenvalue weighted by molar-refractivity contribution is 5.02. The average Bonchev–Trinajstić information content (AvgIpc) is 1.93. The standard InChI is InChI=1S/C10H20O/c1-8(2)7-11-10(5,6)9(8,3)4/h7H2,1-6H3. The molecule has 0 atom stereocenters. The van der Waals surface area contributed by atoms with Gasteiger partial charge in [0.1, 0.15) is 0 Å². The van der Waals surface area contributed by atoms with Gasteiger partial charge in [-0.3, -0.25) is 0 Å². The van der Waals surface area contributed by atoms with E-state index in [1.54, 1.807) is 0 Å². The van der Waals surface area contributed by atoms with Crippen LogP contribution in [0.3, 0.4) is 0 Å². The van der Waals surface area contributed by atoms with Gasteiger partial charge in [0.25, 0.3) is 0 Å². The van der Waals surface area contributed by atoms with Crippen molar-refractivity contribution in [3.63, 3.8) is 0 Å². The lowest BCUT2D eigenvalue weighted by Gasteiger charge is -2.41. The smallest absolute Gasteiger partial charge is 0.0683 e. The normalized spacial score (nSPS) is 32.2. The van der Waals surface area contributed by atoms with Crippen LogP contribution < -0.4 is 0 Å². The molecule has 0 aromatic heterocycles. The van der Waals surface area contributed by atoms with Crippen LogP contribution in [0.2, 0.25) is 0 Å². The molecule has 0 unspecified atom stereocenters. The molecule has 0 saturated carbocycles. The largest absolute Gasteiger partial charge is 0.374 e. The molecule has 1 aliphatic heterocycles. The van der Waals surface area contributed by atoms with Crippen LogP contribution in [0, 0.1) is 10.8 Å². The van der Waals surface area contributed by atoms with E-state index < -0.39 is 0 Å². The Kier molecular flexibility index (Phi) is 1.65. The van der Waals surface area contributed by atoms with Crippen LogP contribution in [0.25, 0.3) is 0 Å². The van der Waals surface area contributed by atoms with E-state index in [2.05, 4.69) is 41.5 Å². The lowest BCUT2D eigenvalue weighted by Crippen LogP contribution is -2.42. The van der Waals surface area contributed by atoms with Crippen LogP contribution in [0.15, 0.2) is 0 Å². The maximum atomic E-state index is 5.77. The molecule has 0 spiro atoms. The van der Waals surface area contributed by atoms with Crippen molar-refractivity contribution >= 4 is 0 Å². The Balaban J connectivity index is 3.00. The quantitative estimate of drug-likeness (QED) is 0.524. The first-order valence-electron chi connectivity index (χ1n) is 4.35. The fourth-order valence-corrected chi connectivity index (χ4v) is 1.54. The van der Waals surface area contributed by atoms with Gasteiger partial charge < -0.3 is 4.74 Å². The van der Waals surface area contributed by atoms with Crippen molar-refractivity contribution in [2.75, 3.05) is 6.61 Å². The third kappa shape index (κ3) is 1.01. The van der Waals surface area contributed by atoms with E-state index >= 15 is 0 Å². The molecule has 0 amide bonds. The number of rotatable bonds is 0. The minimum Gasteiger partial charge on any atom is -0.374 e. The summed E-state index contributed by atoms with van der Waals surface area (Å²) in [5, 5.41) is 0. The van der Waals surface area contributed by atoms with Gasteiger partial charge in [-0.25, -0.2) is 0 Å². The van der Waals surface area contributed by atoms with E-state index in [4.69, 9.17) is 4.74 Å². The van der Waals surface area contributed by atoms with Gasteiger partial charge in [0.15, 0.2) is 0 Å². The van der Waals surface area contributed by atoms with Gasteiger partial charge in [-0.05, 0) is 19.3 Å². The van der Waals surface area contributed by atoms with Crippen molar-refractivity contribution in [2.45, 2.75) is 47.1 Å². The minimum absolute atomic E-state index is 0.0243. The SMILES string of the molecule is CC1(C)COC(C)(C)C1(C)C. The second-order valence-electron chi connectivity index (χ2n) is 5.31. The zero-order valence-corrected chi connectivity index (χ0v) is 8.62. The molecule has 66 valence electrons. The lowest BCUT2D eigenvalue weighted by molar-refractivity contribution is -0.0226. The molecular weight excluding hydrogens is 136 g/mol. The summed E-state index contributed by atoms with van der Waals surface area (Å²) < 4.78 is 5.77. The fourth-order valence-electron chi connectivity index (χ4n) is 1.54. The molecule has 0 aromatic carbocycles. The summed E-state index contributed by atoms with van der Waals surface area (Å²) in [5.41, 5.74) is 0.590. The van der Waals surface area contributed by atoms with Crippen molar-refractivity contribution < 1.29 is 4.74 Å². The van der Waals surface area contributed by atoms with Crippen LogP contribution in [0.5, 0.6) is 0 Å². The summed E-state index contributed by atoms with van der Waals surface area (Å²) >= 11 is 0. The van der Waals surface area contributed by atoms with Crippen LogP contribution >= 0.6 is 0 Å². The summed E-state index contributed by atoms with van der Waals surface area (Å²) in [5.74, 6) is 0. The molecule has 1 saturated heterocycles. The molecule has 0 aromatic rings. The highest BCUT2D eigenvalue weighted by Gasteiger charge is 2.54. The lowest BCUT2D eigenvalue weighted by atomic mass is 9.63. The highest BCUT2D eigenvalue weighted by atomic mass is 16.5. The molecule has 0 aliphatic carbocycles. The van der Waals surface area contributed by atoms with Gasteiger partial charge in [0.2, 0.25) is 0 Å². The van der Waals surface area contributed by atoms with Gasteiger partial charge in [0.05, 0.1) is 12.2 Å². The Morgan fingerprint density at radius 1 is 0.909 bits per heavy atom. The monoisotopic (exact) mass is 156 g/mol. The van der Waals surface area contributed by atoms with E-state index in [0.717, 1.165) is 6.61 Å². The van der Waals surface area contributed by atoms with E-state index in [-0.39, 0.29) is 11.0 Å². The maximum absolute atomic E-state index is 5.77. The van der Waals surface area contributed by atoms with E-state index in [1.165, 1.54) is 0 Å². The number of hydrogen-bond donors (Lipinski definition) is 0. The first-order valence-corrected chi connectivity index (χ1v) is 4.35. The summed E-state index contributed by atoms with van der Waals surface area (Å²) in [4.78, 5) is 0. The van der Waals surface area contributed by atoms with E-state index in [0.29, 0.717) is 5.41 Å². The van der Waals surface area contributed by atoms with Gasteiger partial charge in [0, 0.05) is 5.41 Å². The summed E-state index contributed by atoms with van der Waals surface area (Å²) in [6.45, 7) is 14.4. The van der Waals surface area contributed by atoms with Crippen molar-refractivity contribution in [1.82, 2.24) is 0 Å². The van der Waals surface area contributed by atoms with E-state index in [1.807, 2.05) is 0 Å². The summed E-state index contributed by atoms with van der Waals surface area (Å²) in [6, 6.07) is 0. The predicted molar refractivity (Wildman–Crippen MR) is 47.6 cm³/mol. The third-order valence-corrected chi connectivity index (χ3v) is 3.99. The van der Waals surface area contributed by atoms with Crippen molar-refractivity contribution in [1.29, 1.82) is 0 Å². The van der Waals surface area contributed by atoms with Gasteiger partial charge in [-0.2, -0.15) is 0 Å². The van der Waals surface area contributed by atoms with Crippen molar-refractivity contribution in [3.8, 4) is 0 Å². The molecule has 0 radical (unpaired) electrons. The zero-order valence-electron chi connectivity index (χ0n) is 8.62. The molecular formula is C10H20O. The topological polar surface area (TPSA) is 9.23 Å². The Hall–Kier alpha value is -0.0400. The second kappa shape index (κ2) is 2.01. The predicted octanol–water partition coefficient (Wildman–Crippen LogP) is 2.85. The van der Waals surface area contributed by atoms with Crippen LogP contribution in [-0.2, 0) is 4.74 Å². The Bertz CT molecular complexity index is 148. The molecule has 11 heavy (non-hydrogen) atoms. The molecule has 0 bridgehead atoms. The number of ether oxygens (including phenoxy) is 1. The molecule has 1 fully saturated rings. The number of hydrogen-bond acceptors (Lipinski definition) is 1. The van der Waals surface area contributed by atoms with Crippen molar-refractivity contribution in [3.05, 3.63) is 0 Å². The molecule has 1 aliphatic rings. The maximum Gasteiger partial charge on any atom is 0.0683 e. The van der Waals surface area contributed by atoms with Crippen LogP contribution in [-0.4, -0.2) is 12.2 Å². The average molecular weight is 156 g/mol. The Morgan fingerprint density at radius 2 is 1.36 bits per heavy atom. The molecule has 1 nitrogen and oxygen atoms in total. The summed E-state index contributed by atoms with van der Waals surface area (Å²) in [7, 11) is 0. The first kappa shape index (κ1) is 9.05. The molecule has 1 heterocycles. The highest BCUT2D eigenvalue weighted by Crippen LogP contribution is 2.53. The minimum atomic E-state index is 0.0243. The third-order valence-electron chi connectivity index (χ3n) is 3.99. The molecule has 1 rings (SSSR count). The van der Waals surface area contributed by atoms with Gasteiger partial charge in [-0.1, -0.05) is 27.7 Å². The van der Waals surface area contributed by atoms with Gasteiger partial charge >= 0.3 is 0 Å². The summed E-state index contributed by atoms with van der Waals surface area (Å²) in [6.07, 6.45) is 0. The van der Waals surface area contributed by atoms with Crippen LogP contribution in [0.1, 0.15) is 41.5 Å². The molecule has 1 heteroatoms. The zero-order chi connectivity index (χ0) is 8.91.